The van der Waals surface area contributed by atoms with Gasteiger partial charge in [0.2, 0.25) is 5.91 Å². The number of hydrogen-bond donors (Lipinski definition) is 1. The van der Waals surface area contributed by atoms with Crippen LogP contribution in [0.2, 0.25) is 5.02 Å². The molecule has 1 N–H and O–H groups in total. The van der Waals surface area contributed by atoms with E-state index in [2.05, 4.69) is 47.2 Å². The van der Waals surface area contributed by atoms with Crippen LogP contribution in [0.1, 0.15) is 38.7 Å². The van der Waals surface area contributed by atoms with Crippen molar-refractivity contribution in [2.75, 3.05) is 0 Å². The molecular weight excluding hydrogens is 374 g/mol. The maximum absolute atomic E-state index is 11.7. The Balaban J connectivity index is 1.80. The largest absolute Gasteiger partial charge is 0.350 e. The van der Waals surface area contributed by atoms with Gasteiger partial charge in [0.05, 0.1) is 5.02 Å². The zero-order valence-corrected chi connectivity index (χ0v) is 16.1. The predicted octanol–water partition coefficient (Wildman–Crippen LogP) is 5.48. The smallest absolute Gasteiger partial charge is 0.244 e. The number of benzene rings is 1. The van der Waals surface area contributed by atoms with E-state index in [0.29, 0.717) is 17.8 Å². The number of nitrogens with one attached hydrogen (secondary N) is 1. The van der Waals surface area contributed by atoms with Gasteiger partial charge in [0.15, 0.2) is 0 Å². The number of carbonyl (C=O) groups excluding carboxylic acids is 1. The summed E-state index contributed by atoms with van der Waals surface area (Å²) in [5.74, 6) is 1.48. The van der Waals surface area contributed by atoms with Crippen LogP contribution in [0.5, 0.6) is 0 Å². The molecule has 1 fully saturated rings. The van der Waals surface area contributed by atoms with Gasteiger partial charge in [-0.15, -0.1) is 0 Å². The van der Waals surface area contributed by atoms with E-state index >= 15 is 0 Å². The van der Waals surface area contributed by atoms with Crippen LogP contribution in [0.4, 0.5) is 0 Å². The molecule has 0 spiro atoms. The molecule has 0 aliphatic heterocycles. The summed E-state index contributed by atoms with van der Waals surface area (Å²) in [6.45, 7) is 6.21. The third-order valence-electron chi connectivity index (χ3n) is 4.30. The lowest BCUT2D eigenvalue weighted by Crippen LogP contribution is -2.34. The summed E-state index contributed by atoms with van der Waals surface area (Å²) < 4.78 is 0.931. The first-order valence-electron chi connectivity index (χ1n) is 7.98. The summed E-state index contributed by atoms with van der Waals surface area (Å²) in [4.78, 5) is 11.7. The molecule has 0 bridgehead atoms. The van der Waals surface area contributed by atoms with Crippen molar-refractivity contribution in [2.45, 2.75) is 39.2 Å². The average molecular weight is 397 g/mol. The minimum absolute atomic E-state index is 0.0390. The molecule has 0 aromatic heterocycles. The van der Waals surface area contributed by atoms with Crippen molar-refractivity contribution in [3.8, 4) is 0 Å². The molecule has 3 unspecified atom stereocenters. The standard InChI is InChI=1S/C19H23BrClNO/c1-12(2)13(3)22-19(23)7-5-4-6-14-10-16(14)15-8-9-17(20)18(21)11-15/h4-9,11-14,16H,10H2,1-3H3,(H,22,23)/b6-4+,7-5+. The van der Waals surface area contributed by atoms with Gasteiger partial charge in [-0.2, -0.15) is 0 Å². The minimum atomic E-state index is -0.0390. The van der Waals surface area contributed by atoms with E-state index in [9.17, 15) is 4.79 Å². The maximum Gasteiger partial charge on any atom is 0.244 e. The van der Waals surface area contributed by atoms with Crippen LogP contribution in [0.3, 0.4) is 0 Å². The molecule has 1 aliphatic carbocycles. The van der Waals surface area contributed by atoms with Crippen molar-refractivity contribution in [3.63, 3.8) is 0 Å². The Labute approximate surface area is 152 Å². The number of carbonyl (C=O) groups is 1. The quantitative estimate of drug-likeness (QED) is 0.500. The average Bonchev–Trinajstić information content (AvgIpc) is 3.26. The summed E-state index contributed by atoms with van der Waals surface area (Å²) in [6, 6.07) is 6.33. The van der Waals surface area contributed by atoms with Crippen molar-refractivity contribution in [1.82, 2.24) is 5.32 Å². The van der Waals surface area contributed by atoms with Crippen molar-refractivity contribution in [1.29, 1.82) is 0 Å². The van der Waals surface area contributed by atoms with E-state index in [0.717, 1.165) is 15.9 Å². The molecule has 1 amide bonds. The first-order valence-corrected chi connectivity index (χ1v) is 9.16. The summed E-state index contributed by atoms with van der Waals surface area (Å²) in [5, 5.41) is 3.71. The Morgan fingerprint density at radius 1 is 1.35 bits per heavy atom. The molecule has 0 saturated heterocycles. The molecule has 4 heteroatoms. The molecule has 1 aliphatic rings. The molecule has 2 rings (SSSR count). The lowest BCUT2D eigenvalue weighted by atomic mass is 10.1. The highest BCUT2D eigenvalue weighted by atomic mass is 79.9. The summed E-state index contributed by atoms with van der Waals surface area (Å²) in [5.41, 5.74) is 1.28. The van der Waals surface area contributed by atoms with E-state index in [-0.39, 0.29) is 11.9 Å². The lowest BCUT2D eigenvalue weighted by Gasteiger charge is -2.15. The zero-order valence-electron chi connectivity index (χ0n) is 13.7. The first-order chi connectivity index (χ1) is 10.9. The fourth-order valence-corrected chi connectivity index (χ4v) is 2.78. The van der Waals surface area contributed by atoms with Gasteiger partial charge in [-0.1, -0.05) is 49.7 Å². The van der Waals surface area contributed by atoms with Crippen molar-refractivity contribution in [3.05, 3.63) is 57.6 Å². The number of allylic oxidation sites excluding steroid dienone is 3. The van der Waals surface area contributed by atoms with Crippen molar-refractivity contribution < 1.29 is 4.79 Å². The Bertz CT molecular complexity index is 624. The van der Waals surface area contributed by atoms with E-state index in [4.69, 9.17) is 11.6 Å². The number of rotatable bonds is 6. The van der Waals surface area contributed by atoms with Crippen LogP contribution in [0, 0.1) is 11.8 Å². The third-order valence-corrected chi connectivity index (χ3v) is 5.53. The van der Waals surface area contributed by atoms with Gasteiger partial charge in [-0.05, 0) is 64.7 Å². The number of halogens is 2. The zero-order chi connectivity index (χ0) is 17.0. The molecule has 3 atom stereocenters. The highest BCUT2D eigenvalue weighted by Gasteiger charge is 2.36. The van der Waals surface area contributed by atoms with Crippen molar-refractivity contribution in [2.24, 2.45) is 11.8 Å². The van der Waals surface area contributed by atoms with E-state index < -0.39 is 0 Å². The highest BCUT2D eigenvalue weighted by Crippen LogP contribution is 2.49. The molecule has 124 valence electrons. The molecule has 2 nitrogen and oxygen atoms in total. The molecule has 23 heavy (non-hydrogen) atoms. The second-order valence-electron chi connectivity index (χ2n) is 6.46. The van der Waals surface area contributed by atoms with Gasteiger partial charge in [0, 0.05) is 16.6 Å². The van der Waals surface area contributed by atoms with Gasteiger partial charge in [-0.3, -0.25) is 4.79 Å². The molecule has 1 aromatic rings. The molecule has 1 aromatic carbocycles. The normalized spacial score (nSPS) is 22.0. The van der Waals surface area contributed by atoms with Crippen LogP contribution < -0.4 is 5.32 Å². The Morgan fingerprint density at radius 2 is 2.09 bits per heavy atom. The van der Waals surface area contributed by atoms with Crippen LogP contribution >= 0.6 is 27.5 Å². The summed E-state index contributed by atoms with van der Waals surface area (Å²) >= 11 is 9.55. The second kappa shape index (κ2) is 8.16. The molecule has 1 saturated carbocycles. The van der Waals surface area contributed by atoms with Crippen LogP contribution in [-0.2, 0) is 4.79 Å². The first kappa shape index (κ1) is 18.3. The highest BCUT2D eigenvalue weighted by molar-refractivity contribution is 9.10. The van der Waals surface area contributed by atoms with Gasteiger partial charge in [-0.25, -0.2) is 0 Å². The maximum atomic E-state index is 11.7. The van der Waals surface area contributed by atoms with E-state index in [1.165, 1.54) is 5.56 Å². The summed E-state index contributed by atoms with van der Waals surface area (Å²) in [7, 11) is 0. The number of hydrogen-bond acceptors (Lipinski definition) is 1. The fraction of sp³-hybridized carbons (Fsp3) is 0.421. The van der Waals surface area contributed by atoms with Crippen LogP contribution in [-0.4, -0.2) is 11.9 Å². The van der Waals surface area contributed by atoms with E-state index in [1.54, 1.807) is 6.08 Å². The van der Waals surface area contributed by atoms with Gasteiger partial charge < -0.3 is 5.32 Å². The minimum Gasteiger partial charge on any atom is -0.350 e. The molecule has 0 radical (unpaired) electrons. The Morgan fingerprint density at radius 3 is 2.74 bits per heavy atom. The van der Waals surface area contributed by atoms with Crippen LogP contribution in [0.25, 0.3) is 0 Å². The Kier molecular flexibility index (Phi) is 6.49. The molecular formula is C19H23BrClNO. The van der Waals surface area contributed by atoms with Gasteiger partial charge in [0.1, 0.15) is 0 Å². The summed E-state index contributed by atoms with van der Waals surface area (Å²) in [6.07, 6.45) is 8.66. The lowest BCUT2D eigenvalue weighted by molar-refractivity contribution is -0.117. The third kappa shape index (κ3) is 5.50. The fourth-order valence-electron chi connectivity index (χ4n) is 2.34. The van der Waals surface area contributed by atoms with E-state index in [1.807, 2.05) is 31.2 Å². The van der Waals surface area contributed by atoms with Crippen LogP contribution in [0.15, 0.2) is 47.0 Å². The number of amides is 1. The monoisotopic (exact) mass is 395 g/mol. The molecule has 0 heterocycles. The second-order valence-corrected chi connectivity index (χ2v) is 7.73. The van der Waals surface area contributed by atoms with Gasteiger partial charge in [0.25, 0.3) is 0 Å². The predicted molar refractivity (Wildman–Crippen MR) is 101 cm³/mol. The topological polar surface area (TPSA) is 29.1 Å². The van der Waals surface area contributed by atoms with Gasteiger partial charge >= 0.3 is 0 Å². The van der Waals surface area contributed by atoms with Crippen molar-refractivity contribution >= 4 is 33.4 Å². The SMILES string of the molecule is CC(C)C(C)NC(=O)/C=C/C=C/C1CC1c1ccc(Br)c(Cl)c1. The Hall–Kier alpha value is -1.06.